The predicted molar refractivity (Wildman–Crippen MR) is 81.8 cm³/mol. The van der Waals surface area contributed by atoms with Crippen molar-refractivity contribution in [2.24, 2.45) is 16.8 Å². The van der Waals surface area contributed by atoms with Crippen molar-refractivity contribution in [3.05, 3.63) is 12.2 Å². The third-order valence-electron chi connectivity index (χ3n) is 3.55. The molecular weight excluding hydrogens is 238 g/mol. The van der Waals surface area contributed by atoms with E-state index < -0.39 is 0 Å². The van der Waals surface area contributed by atoms with E-state index in [0.717, 1.165) is 38.0 Å². The number of hydrogen-bond acceptors (Lipinski definition) is 4. The Morgan fingerprint density at radius 3 is 3.00 bits per heavy atom. The Labute approximate surface area is 117 Å². The van der Waals surface area contributed by atoms with Gasteiger partial charge in [-0.3, -0.25) is 10.3 Å². The van der Waals surface area contributed by atoms with Gasteiger partial charge in [-0.05, 0) is 43.8 Å². The molecule has 1 saturated heterocycles. The van der Waals surface area contributed by atoms with E-state index in [9.17, 15) is 0 Å². The summed E-state index contributed by atoms with van der Waals surface area (Å²) >= 11 is 0. The number of ether oxygens (including phenoxy) is 1. The van der Waals surface area contributed by atoms with Crippen LogP contribution in [0.25, 0.3) is 0 Å². The fourth-order valence-corrected chi connectivity index (χ4v) is 2.40. The van der Waals surface area contributed by atoms with E-state index in [0.29, 0.717) is 6.73 Å². The molecule has 0 aromatic heterocycles. The smallest absolute Gasteiger partial charge is 0.0965 e. The van der Waals surface area contributed by atoms with Crippen LogP contribution < -0.4 is 10.6 Å². The monoisotopic (exact) mass is 267 g/mol. The van der Waals surface area contributed by atoms with E-state index in [4.69, 9.17) is 4.74 Å². The van der Waals surface area contributed by atoms with Crippen molar-refractivity contribution < 1.29 is 4.74 Å². The predicted octanol–water partition coefficient (Wildman–Crippen LogP) is 1.83. The summed E-state index contributed by atoms with van der Waals surface area (Å²) in [5.41, 5.74) is 0. The second-order valence-corrected chi connectivity index (χ2v) is 5.17. The molecule has 1 heterocycles. The lowest BCUT2D eigenvalue weighted by Gasteiger charge is -2.29. The topological polar surface area (TPSA) is 45.6 Å². The van der Waals surface area contributed by atoms with Crippen molar-refractivity contribution in [1.29, 1.82) is 0 Å². The van der Waals surface area contributed by atoms with E-state index in [2.05, 4.69) is 28.6 Å². The zero-order chi connectivity index (χ0) is 13.8. The molecule has 19 heavy (non-hydrogen) atoms. The van der Waals surface area contributed by atoms with Gasteiger partial charge in [-0.25, -0.2) is 0 Å². The van der Waals surface area contributed by atoms with Crippen molar-refractivity contribution >= 4 is 6.21 Å². The van der Waals surface area contributed by atoms with Crippen molar-refractivity contribution in [1.82, 2.24) is 10.6 Å². The third kappa shape index (κ3) is 8.14. The number of hydrogen-bond donors (Lipinski definition) is 2. The van der Waals surface area contributed by atoms with Crippen LogP contribution in [0.4, 0.5) is 0 Å². The molecule has 2 atom stereocenters. The van der Waals surface area contributed by atoms with Crippen LogP contribution in [0, 0.1) is 11.8 Å². The maximum absolute atomic E-state index is 5.53. The molecule has 0 spiro atoms. The highest BCUT2D eigenvalue weighted by molar-refractivity contribution is 5.70. The molecule has 0 unspecified atom stereocenters. The Kier molecular flexibility index (Phi) is 9.59. The molecule has 0 saturated carbocycles. The quantitative estimate of drug-likeness (QED) is 0.381. The number of aliphatic imine (C=N–C) groups is 1. The lowest BCUT2D eigenvalue weighted by Crippen LogP contribution is -2.40. The molecule has 4 heteroatoms. The van der Waals surface area contributed by atoms with Crippen LogP contribution in [0.15, 0.2) is 17.1 Å². The maximum Gasteiger partial charge on any atom is 0.0965 e. The van der Waals surface area contributed by atoms with E-state index in [1.54, 1.807) is 13.3 Å². The number of nitrogens with zero attached hydrogens (tertiary/aromatic N) is 1. The number of rotatable bonds is 9. The third-order valence-corrected chi connectivity index (χ3v) is 3.55. The second-order valence-electron chi connectivity index (χ2n) is 5.17. The molecule has 0 aromatic carbocycles. The molecule has 0 radical (unpaired) electrons. The van der Waals surface area contributed by atoms with Crippen molar-refractivity contribution in [2.45, 2.75) is 26.2 Å². The zero-order valence-corrected chi connectivity index (χ0v) is 12.4. The van der Waals surface area contributed by atoms with Gasteiger partial charge in [0.25, 0.3) is 0 Å². The molecule has 110 valence electrons. The second kappa shape index (κ2) is 11.1. The van der Waals surface area contributed by atoms with E-state index >= 15 is 0 Å². The highest BCUT2D eigenvalue weighted by Gasteiger charge is 2.19. The summed E-state index contributed by atoms with van der Waals surface area (Å²) in [7, 11) is 1.77. The summed E-state index contributed by atoms with van der Waals surface area (Å²) in [5, 5.41) is 6.90. The summed E-state index contributed by atoms with van der Waals surface area (Å²) in [6.45, 7) is 7.09. The Balaban J connectivity index is 1.93. The van der Waals surface area contributed by atoms with Crippen LogP contribution in [0.1, 0.15) is 26.2 Å². The fourth-order valence-electron chi connectivity index (χ4n) is 2.40. The van der Waals surface area contributed by atoms with Gasteiger partial charge in [0, 0.05) is 19.8 Å². The first kappa shape index (κ1) is 16.3. The molecule has 0 aliphatic carbocycles. The minimum Gasteiger partial charge on any atom is -0.366 e. The summed E-state index contributed by atoms with van der Waals surface area (Å²) < 4.78 is 5.53. The highest BCUT2D eigenvalue weighted by Crippen LogP contribution is 2.18. The normalized spacial score (nSPS) is 24.5. The molecule has 0 amide bonds. The lowest BCUT2D eigenvalue weighted by atomic mass is 9.89. The van der Waals surface area contributed by atoms with E-state index in [1.165, 1.54) is 19.4 Å². The first-order valence-electron chi connectivity index (χ1n) is 7.43. The Hall–Kier alpha value is -0.710. The van der Waals surface area contributed by atoms with E-state index in [-0.39, 0.29) is 0 Å². The van der Waals surface area contributed by atoms with Gasteiger partial charge in [0.2, 0.25) is 0 Å². The average molecular weight is 267 g/mol. The maximum atomic E-state index is 5.53. The summed E-state index contributed by atoms with van der Waals surface area (Å²) in [6.07, 6.45) is 9.39. The van der Waals surface area contributed by atoms with Crippen LogP contribution in [-0.4, -0.2) is 46.2 Å². The largest absolute Gasteiger partial charge is 0.366 e. The van der Waals surface area contributed by atoms with Gasteiger partial charge < -0.3 is 10.1 Å². The van der Waals surface area contributed by atoms with Gasteiger partial charge in [-0.2, -0.15) is 0 Å². The molecule has 1 fully saturated rings. The van der Waals surface area contributed by atoms with Crippen LogP contribution in [0.5, 0.6) is 0 Å². The minimum atomic E-state index is 0.656. The SMILES string of the molecule is CC[C@H]1CNC[C@@H](CNCOCC/C=C\C=NC)C1. The molecule has 2 N–H and O–H groups in total. The average Bonchev–Trinajstić information content (AvgIpc) is 2.46. The van der Waals surface area contributed by atoms with Crippen molar-refractivity contribution in [3.63, 3.8) is 0 Å². The minimum absolute atomic E-state index is 0.656. The van der Waals surface area contributed by atoms with Crippen LogP contribution in [0.3, 0.4) is 0 Å². The number of nitrogens with one attached hydrogen (secondary N) is 2. The lowest BCUT2D eigenvalue weighted by molar-refractivity contribution is 0.114. The van der Waals surface area contributed by atoms with Crippen LogP contribution in [0.2, 0.25) is 0 Å². The summed E-state index contributed by atoms with van der Waals surface area (Å²) in [6, 6.07) is 0. The van der Waals surface area contributed by atoms with Crippen LogP contribution >= 0.6 is 0 Å². The Morgan fingerprint density at radius 2 is 2.21 bits per heavy atom. The van der Waals surface area contributed by atoms with Gasteiger partial charge in [0.1, 0.15) is 0 Å². The van der Waals surface area contributed by atoms with E-state index in [1.807, 2.05) is 6.08 Å². The van der Waals surface area contributed by atoms with Crippen molar-refractivity contribution in [3.8, 4) is 0 Å². The van der Waals surface area contributed by atoms with Gasteiger partial charge >= 0.3 is 0 Å². The Morgan fingerprint density at radius 1 is 1.37 bits per heavy atom. The Bertz CT molecular complexity index is 266. The molecule has 0 aromatic rings. The molecule has 1 aliphatic heterocycles. The molecule has 4 nitrogen and oxygen atoms in total. The van der Waals surface area contributed by atoms with Gasteiger partial charge in [0.15, 0.2) is 0 Å². The first-order valence-corrected chi connectivity index (χ1v) is 7.43. The van der Waals surface area contributed by atoms with Gasteiger partial charge in [-0.1, -0.05) is 19.4 Å². The van der Waals surface area contributed by atoms with Gasteiger partial charge in [0.05, 0.1) is 13.3 Å². The summed E-state index contributed by atoms with van der Waals surface area (Å²) in [4.78, 5) is 3.88. The zero-order valence-electron chi connectivity index (χ0n) is 12.4. The molecule has 1 aliphatic rings. The van der Waals surface area contributed by atoms with Gasteiger partial charge in [-0.15, -0.1) is 0 Å². The standard InChI is InChI=1S/C15H29N3O/c1-3-14-9-15(11-17-10-14)12-18-13-19-8-6-4-5-7-16-2/h4-5,7,14-15,17-18H,3,6,8-13H2,1-2H3/b5-4-,16-7?/t14-,15+/m1/s1. The van der Waals surface area contributed by atoms with Crippen LogP contribution in [-0.2, 0) is 4.74 Å². The number of piperidine rings is 1. The fraction of sp³-hybridized carbons (Fsp3) is 0.800. The molecular formula is C15H29N3O. The number of allylic oxidation sites excluding steroid dienone is 1. The van der Waals surface area contributed by atoms with Crippen molar-refractivity contribution in [2.75, 3.05) is 40.0 Å². The summed E-state index contributed by atoms with van der Waals surface area (Å²) in [5.74, 6) is 1.61. The molecule has 1 rings (SSSR count). The molecule has 0 bridgehead atoms. The highest BCUT2D eigenvalue weighted by atomic mass is 16.5. The first-order chi connectivity index (χ1) is 9.36.